The lowest BCUT2D eigenvalue weighted by molar-refractivity contribution is -0.252. The molecule has 0 bridgehead atoms. The van der Waals surface area contributed by atoms with E-state index in [9.17, 15) is 14.7 Å². The number of aliphatic hydroxyl groups is 1. The summed E-state index contributed by atoms with van der Waals surface area (Å²) in [7, 11) is 0. The number of amides is 1. The zero-order valence-corrected chi connectivity index (χ0v) is 26.1. The van der Waals surface area contributed by atoms with Crippen LogP contribution >= 0.6 is 23.2 Å². The van der Waals surface area contributed by atoms with Gasteiger partial charge in [0, 0.05) is 31.4 Å². The normalized spacial score (nSPS) is 18.1. The number of carboxylic acids is 1. The number of carbonyl (C=O) groups excluding carboxylic acids is 1. The molecule has 1 amide bonds. The molecular formula is C34H35Cl2N3O6. The van der Waals surface area contributed by atoms with Crippen LogP contribution in [0.15, 0.2) is 79.1 Å². The quantitative estimate of drug-likeness (QED) is 0.135. The van der Waals surface area contributed by atoms with E-state index in [1.54, 1.807) is 10.9 Å². The number of nitrogens with zero attached hydrogens (tertiary/aromatic N) is 2. The lowest BCUT2D eigenvalue weighted by Crippen LogP contribution is -2.32. The number of imidazole rings is 1. The highest BCUT2D eigenvalue weighted by atomic mass is 35.5. The third-order valence-corrected chi connectivity index (χ3v) is 8.47. The van der Waals surface area contributed by atoms with Crippen molar-refractivity contribution in [2.75, 3.05) is 0 Å². The second kappa shape index (κ2) is 15.5. The van der Waals surface area contributed by atoms with Crippen LogP contribution in [0.3, 0.4) is 0 Å². The van der Waals surface area contributed by atoms with E-state index in [1.807, 2.05) is 72.8 Å². The van der Waals surface area contributed by atoms with E-state index in [4.69, 9.17) is 37.8 Å². The molecule has 2 heterocycles. The van der Waals surface area contributed by atoms with Gasteiger partial charge in [0.05, 0.1) is 31.7 Å². The van der Waals surface area contributed by atoms with Crippen LogP contribution in [-0.4, -0.2) is 37.7 Å². The van der Waals surface area contributed by atoms with Crippen molar-refractivity contribution in [3.8, 4) is 11.1 Å². The summed E-state index contributed by atoms with van der Waals surface area (Å²) in [6.45, 7) is 0.783. The standard InChI is InChI=1S/C34H35Cl2N3O6/c35-32-33(36)39(21-38-32)19-28-17-29(24-13-11-22(20-40)12-14-24)45-34(44-28)27-8-4-7-26(16-27)25-6-3-5-23(15-25)18-37-30(41)9-1-2-10-31(42)43/h3-8,11-16,21,28-29,34,40H,1-2,9-10,17-20H2,(H,37,41)(H,42,43)/t28-,29+,34+/m0/s1. The van der Waals surface area contributed by atoms with Crippen molar-refractivity contribution in [1.29, 1.82) is 0 Å². The largest absolute Gasteiger partial charge is 0.481 e. The van der Waals surface area contributed by atoms with E-state index in [2.05, 4.69) is 10.3 Å². The van der Waals surface area contributed by atoms with E-state index in [0.29, 0.717) is 43.9 Å². The average molecular weight is 653 g/mol. The van der Waals surface area contributed by atoms with Gasteiger partial charge in [-0.25, -0.2) is 4.98 Å². The molecule has 236 valence electrons. The molecule has 1 aliphatic rings. The van der Waals surface area contributed by atoms with E-state index in [1.165, 1.54) is 0 Å². The molecule has 3 atom stereocenters. The van der Waals surface area contributed by atoms with E-state index >= 15 is 0 Å². The Balaban J connectivity index is 1.31. The Hall–Kier alpha value is -3.73. The number of unbranched alkanes of at least 4 members (excludes halogenated alkanes) is 1. The van der Waals surface area contributed by atoms with Crippen LogP contribution in [0.1, 0.15) is 66.8 Å². The molecule has 3 N–H and O–H groups in total. The minimum atomic E-state index is -0.851. The lowest BCUT2D eigenvalue weighted by Gasteiger charge is -2.36. The van der Waals surface area contributed by atoms with Crippen LogP contribution in [0.4, 0.5) is 0 Å². The van der Waals surface area contributed by atoms with E-state index < -0.39 is 12.3 Å². The second-order valence-corrected chi connectivity index (χ2v) is 11.7. The van der Waals surface area contributed by atoms with E-state index in [-0.39, 0.29) is 36.3 Å². The lowest BCUT2D eigenvalue weighted by atomic mass is 9.98. The van der Waals surface area contributed by atoms with Crippen LogP contribution in [-0.2, 0) is 38.8 Å². The highest BCUT2D eigenvalue weighted by molar-refractivity contribution is 6.40. The number of carbonyl (C=O) groups is 2. The highest BCUT2D eigenvalue weighted by Crippen LogP contribution is 2.39. The molecule has 9 nitrogen and oxygen atoms in total. The number of halogens is 2. The maximum absolute atomic E-state index is 12.2. The zero-order chi connectivity index (χ0) is 31.8. The summed E-state index contributed by atoms with van der Waals surface area (Å²) in [6, 6.07) is 23.7. The molecule has 0 unspecified atom stereocenters. The molecule has 4 aromatic rings. The van der Waals surface area contributed by atoms with Crippen molar-refractivity contribution in [3.05, 3.63) is 112 Å². The van der Waals surface area contributed by atoms with Gasteiger partial charge in [-0.2, -0.15) is 0 Å². The van der Waals surface area contributed by atoms with Gasteiger partial charge in [-0.15, -0.1) is 0 Å². The number of hydrogen-bond donors (Lipinski definition) is 3. The number of rotatable bonds is 13. The van der Waals surface area contributed by atoms with Crippen LogP contribution in [0.25, 0.3) is 11.1 Å². The summed E-state index contributed by atoms with van der Waals surface area (Å²) < 4.78 is 14.8. The maximum Gasteiger partial charge on any atom is 0.303 e. The Morgan fingerprint density at radius 2 is 1.64 bits per heavy atom. The number of aromatic nitrogens is 2. The number of benzene rings is 3. The summed E-state index contributed by atoms with van der Waals surface area (Å²) >= 11 is 12.5. The summed E-state index contributed by atoms with van der Waals surface area (Å²) in [5, 5.41) is 21.8. The number of aliphatic hydroxyl groups excluding tert-OH is 1. The maximum atomic E-state index is 12.2. The summed E-state index contributed by atoms with van der Waals surface area (Å²) in [5.74, 6) is -0.954. The van der Waals surface area contributed by atoms with Crippen molar-refractivity contribution in [2.45, 2.75) is 70.3 Å². The molecule has 5 rings (SSSR count). The van der Waals surface area contributed by atoms with Crippen molar-refractivity contribution in [1.82, 2.24) is 14.9 Å². The van der Waals surface area contributed by atoms with Crippen molar-refractivity contribution >= 4 is 35.1 Å². The molecule has 11 heteroatoms. The number of carboxylic acid groups (broad SMARTS) is 1. The smallest absolute Gasteiger partial charge is 0.303 e. The SMILES string of the molecule is O=C(O)CCCCC(=O)NCc1cccc(-c2cccc([C@@H]3O[C@H](Cn4cnc(Cl)c4Cl)C[C@H](c4ccc(CO)cc4)O3)c2)c1. The minimum absolute atomic E-state index is 0.0327. The van der Waals surface area contributed by atoms with Gasteiger partial charge in [-0.3, -0.25) is 9.59 Å². The minimum Gasteiger partial charge on any atom is -0.481 e. The molecule has 1 saturated heterocycles. The molecule has 0 saturated carbocycles. The first-order chi connectivity index (χ1) is 21.8. The van der Waals surface area contributed by atoms with Gasteiger partial charge >= 0.3 is 5.97 Å². The van der Waals surface area contributed by atoms with Crippen LogP contribution in [0, 0.1) is 0 Å². The molecule has 0 aliphatic carbocycles. The number of hydrogen-bond acceptors (Lipinski definition) is 6. The topological polar surface area (TPSA) is 123 Å². The van der Waals surface area contributed by atoms with Gasteiger partial charge in [0.25, 0.3) is 0 Å². The summed E-state index contributed by atoms with van der Waals surface area (Å²) in [6.07, 6.45) is 2.37. The Morgan fingerprint density at radius 3 is 2.36 bits per heavy atom. The van der Waals surface area contributed by atoms with Gasteiger partial charge in [-0.05, 0) is 52.8 Å². The Kier molecular flexibility index (Phi) is 11.3. The number of ether oxygens (including phenoxy) is 2. The average Bonchev–Trinajstić information content (AvgIpc) is 3.38. The van der Waals surface area contributed by atoms with Crippen LogP contribution < -0.4 is 5.32 Å². The van der Waals surface area contributed by atoms with Gasteiger partial charge < -0.3 is 29.6 Å². The fourth-order valence-electron chi connectivity index (χ4n) is 5.30. The van der Waals surface area contributed by atoms with Gasteiger partial charge in [0.1, 0.15) is 5.15 Å². The molecule has 1 aliphatic heterocycles. The van der Waals surface area contributed by atoms with Gasteiger partial charge in [-0.1, -0.05) is 83.9 Å². The van der Waals surface area contributed by atoms with Gasteiger partial charge in [0.15, 0.2) is 11.4 Å². The first-order valence-electron chi connectivity index (χ1n) is 14.8. The molecule has 1 aromatic heterocycles. The fourth-order valence-corrected chi connectivity index (χ4v) is 5.61. The fraction of sp³-hybridized carbons (Fsp3) is 0.324. The molecule has 0 spiro atoms. The molecule has 3 aromatic carbocycles. The molecule has 1 fully saturated rings. The third-order valence-electron chi connectivity index (χ3n) is 7.70. The van der Waals surface area contributed by atoms with Crippen LogP contribution in [0.2, 0.25) is 10.3 Å². The zero-order valence-electron chi connectivity index (χ0n) is 24.6. The van der Waals surface area contributed by atoms with Gasteiger partial charge in [0.2, 0.25) is 5.91 Å². The third kappa shape index (κ3) is 8.93. The Labute approximate surface area is 271 Å². The Bertz CT molecular complexity index is 1610. The summed E-state index contributed by atoms with van der Waals surface area (Å²) in [4.78, 5) is 27.0. The first-order valence-corrected chi connectivity index (χ1v) is 15.6. The van der Waals surface area contributed by atoms with Crippen LogP contribution in [0.5, 0.6) is 0 Å². The molecular weight excluding hydrogens is 617 g/mol. The summed E-state index contributed by atoms with van der Waals surface area (Å²) in [5.41, 5.74) is 5.55. The molecule has 45 heavy (non-hydrogen) atoms. The predicted molar refractivity (Wildman–Crippen MR) is 170 cm³/mol. The number of aliphatic carboxylic acids is 1. The second-order valence-electron chi connectivity index (χ2n) is 11.0. The highest BCUT2D eigenvalue weighted by Gasteiger charge is 2.33. The van der Waals surface area contributed by atoms with Crippen molar-refractivity contribution < 1.29 is 29.3 Å². The van der Waals surface area contributed by atoms with E-state index in [0.717, 1.165) is 33.4 Å². The number of nitrogens with one attached hydrogen (secondary N) is 1. The van der Waals surface area contributed by atoms with Crippen molar-refractivity contribution in [3.63, 3.8) is 0 Å². The first kappa shape index (κ1) is 32.7. The van der Waals surface area contributed by atoms with Crippen molar-refractivity contribution in [2.24, 2.45) is 0 Å². The Morgan fingerprint density at radius 1 is 0.911 bits per heavy atom. The monoisotopic (exact) mass is 651 g/mol. The molecule has 0 radical (unpaired) electrons. The predicted octanol–water partition coefficient (Wildman–Crippen LogP) is 6.86.